The molecule has 102 valence electrons. The maximum atomic E-state index is 4.33. The number of hydrogen-bond acceptors (Lipinski definition) is 5. The van der Waals surface area contributed by atoms with E-state index in [9.17, 15) is 0 Å². The van der Waals surface area contributed by atoms with Crippen molar-refractivity contribution >= 4 is 12.4 Å². The Labute approximate surface area is 130 Å². The van der Waals surface area contributed by atoms with Crippen molar-refractivity contribution in [3.63, 3.8) is 0 Å². The third kappa shape index (κ3) is 8.31. The molecule has 0 atom stereocenters. The predicted molar refractivity (Wildman–Crippen MR) is 62.3 cm³/mol. The molecule has 5 nitrogen and oxygen atoms in total. The van der Waals surface area contributed by atoms with Gasteiger partial charge in [0.2, 0.25) is 0 Å². The summed E-state index contributed by atoms with van der Waals surface area (Å²) in [5, 5.41) is 7.81. The Kier molecular flexibility index (Phi) is 15.7. The molecule has 1 aromatic heterocycles. The molecule has 0 aliphatic carbocycles. The third-order valence-electron chi connectivity index (χ3n) is 1.66. The minimum Gasteiger partial charge on any atom is -1.00 e. The molecular weight excluding hydrogens is 317 g/mol. The SMILES string of the molecule is CNN=Cc1cc(C)cc(C=NNC)n1.[Cl-].[Cl-].[Fe+2]. The number of aromatic nitrogens is 1. The van der Waals surface area contributed by atoms with Crippen molar-refractivity contribution in [3.05, 3.63) is 29.1 Å². The average molecular weight is 332 g/mol. The van der Waals surface area contributed by atoms with Crippen LogP contribution in [0.3, 0.4) is 0 Å². The smallest absolute Gasteiger partial charge is 1.00 e. The van der Waals surface area contributed by atoms with Crippen LogP contribution >= 0.6 is 0 Å². The Bertz CT molecular complexity index is 352. The second-order valence-corrected chi connectivity index (χ2v) is 2.96. The summed E-state index contributed by atoms with van der Waals surface area (Å²) < 4.78 is 0. The molecule has 18 heavy (non-hydrogen) atoms. The topological polar surface area (TPSA) is 61.7 Å². The van der Waals surface area contributed by atoms with Gasteiger partial charge in [0.15, 0.2) is 0 Å². The van der Waals surface area contributed by atoms with Gasteiger partial charge in [-0.15, -0.1) is 0 Å². The monoisotopic (exact) mass is 331 g/mol. The fourth-order valence-corrected chi connectivity index (χ4v) is 1.12. The second-order valence-electron chi connectivity index (χ2n) is 2.96. The van der Waals surface area contributed by atoms with E-state index in [0.717, 1.165) is 17.0 Å². The number of halogens is 2. The first kappa shape index (κ1) is 22.4. The van der Waals surface area contributed by atoms with E-state index in [1.165, 1.54) is 0 Å². The fourth-order valence-electron chi connectivity index (χ4n) is 1.12. The summed E-state index contributed by atoms with van der Waals surface area (Å²) >= 11 is 0. The first-order valence-corrected chi connectivity index (χ1v) is 4.64. The van der Waals surface area contributed by atoms with Crippen molar-refractivity contribution in [3.8, 4) is 0 Å². The minimum atomic E-state index is 0. The van der Waals surface area contributed by atoms with Gasteiger partial charge in [-0.3, -0.25) is 0 Å². The van der Waals surface area contributed by atoms with E-state index in [4.69, 9.17) is 0 Å². The van der Waals surface area contributed by atoms with Gasteiger partial charge in [0, 0.05) is 14.1 Å². The molecule has 8 heteroatoms. The molecule has 2 N–H and O–H groups in total. The van der Waals surface area contributed by atoms with E-state index in [1.54, 1.807) is 26.5 Å². The van der Waals surface area contributed by atoms with Crippen molar-refractivity contribution in [1.82, 2.24) is 15.8 Å². The number of nitrogens with zero attached hydrogens (tertiary/aromatic N) is 3. The molecule has 0 spiro atoms. The van der Waals surface area contributed by atoms with Crippen LogP contribution in [0, 0.1) is 6.92 Å². The predicted octanol–water partition coefficient (Wildman–Crippen LogP) is -5.50. The Hall–Kier alpha value is -0.811. The van der Waals surface area contributed by atoms with Crippen molar-refractivity contribution in [2.45, 2.75) is 6.92 Å². The van der Waals surface area contributed by atoms with Crippen molar-refractivity contribution < 1.29 is 41.9 Å². The van der Waals surface area contributed by atoms with Gasteiger partial charge in [0.1, 0.15) is 0 Å². The Morgan fingerprint density at radius 3 is 1.72 bits per heavy atom. The number of hydrazone groups is 2. The summed E-state index contributed by atoms with van der Waals surface area (Å²) in [4.78, 5) is 4.33. The van der Waals surface area contributed by atoms with E-state index >= 15 is 0 Å². The Balaban J connectivity index is -0.000000750. The molecule has 0 saturated carbocycles. The van der Waals surface area contributed by atoms with Crippen LogP contribution in [-0.2, 0) is 17.1 Å². The maximum Gasteiger partial charge on any atom is 2.00 e. The Morgan fingerprint density at radius 1 is 1.00 bits per heavy atom. The zero-order chi connectivity index (χ0) is 11.1. The van der Waals surface area contributed by atoms with Gasteiger partial charge in [-0.25, -0.2) is 4.98 Å². The van der Waals surface area contributed by atoms with Crippen LogP contribution in [-0.4, -0.2) is 31.5 Å². The molecule has 0 amide bonds. The van der Waals surface area contributed by atoms with Gasteiger partial charge in [0.05, 0.1) is 23.8 Å². The molecule has 0 aromatic carbocycles. The van der Waals surface area contributed by atoms with Crippen molar-refractivity contribution in [1.29, 1.82) is 0 Å². The van der Waals surface area contributed by atoms with Crippen LogP contribution < -0.4 is 35.7 Å². The van der Waals surface area contributed by atoms with Gasteiger partial charge >= 0.3 is 17.1 Å². The molecule has 0 unspecified atom stereocenters. The van der Waals surface area contributed by atoms with Gasteiger partial charge < -0.3 is 35.7 Å². The molecule has 1 rings (SSSR count). The second kappa shape index (κ2) is 12.6. The van der Waals surface area contributed by atoms with E-state index in [0.29, 0.717) is 0 Å². The first-order chi connectivity index (χ1) is 7.26. The maximum absolute atomic E-state index is 4.33. The van der Waals surface area contributed by atoms with E-state index < -0.39 is 0 Å². The molecule has 0 aliphatic rings. The largest absolute Gasteiger partial charge is 2.00 e. The quantitative estimate of drug-likeness (QED) is 0.329. The minimum absolute atomic E-state index is 0. The van der Waals surface area contributed by atoms with Crippen molar-refractivity contribution in [2.75, 3.05) is 14.1 Å². The molecule has 0 radical (unpaired) electrons. The number of rotatable bonds is 4. The number of pyridine rings is 1. The zero-order valence-corrected chi connectivity index (χ0v) is 12.9. The van der Waals surface area contributed by atoms with Crippen LogP contribution in [0.15, 0.2) is 22.3 Å². The summed E-state index contributed by atoms with van der Waals surface area (Å²) in [7, 11) is 3.49. The van der Waals surface area contributed by atoms with E-state index in [-0.39, 0.29) is 41.9 Å². The number of nitrogens with one attached hydrogen (secondary N) is 2. The summed E-state index contributed by atoms with van der Waals surface area (Å²) in [6.45, 7) is 2.01. The molecule has 0 saturated heterocycles. The van der Waals surface area contributed by atoms with Gasteiger partial charge in [-0.05, 0) is 24.6 Å². The number of hydrogen-bond donors (Lipinski definition) is 2. The van der Waals surface area contributed by atoms with Gasteiger partial charge in [-0.1, -0.05) is 0 Å². The van der Waals surface area contributed by atoms with Crippen LogP contribution in [0.5, 0.6) is 0 Å². The molecule has 0 fully saturated rings. The number of aryl methyl sites for hydroxylation is 1. The first-order valence-electron chi connectivity index (χ1n) is 4.64. The van der Waals surface area contributed by atoms with Crippen LogP contribution in [0.1, 0.15) is 17.0 Å². The van der Waals surface area contributed by atoms with Crippen LogP contribution in [0.4, 0.5) is 0 Å². The van der Waals surface area contributed by atoms with Crippen molar-refractivity contribution in [2.24, 2.45) is 10.2 Å². The summed E-state index contributed by atoms with van der Waals surface area (Å²) in [6, 6.07) is 3.91. The van der Waals surface area contributed by atoms with Gasteiger partial charge in [0.25, 0.3) is 0 Å². The summed E-state index contributed by atoms with van der Waals surface area (Å²) in [6.07, 6.45) is 3.34. The zero-order valence-electron chi connectivity index (χ0n) is 10.3. The summed E-state index contributed by atoms with van der Waals surface area (Å²) in [5.41, 5.74) is 8.10. The van der Waals surface area contributed by atoms with Crippen LogP contribution in [0.2, 0.25) is 0 Å². The third-order valence-corrected chi connectivity index (χ3v) is 1.66. The molecular formula is C10H15Cl2FeN5. The van der Waals surface area contributed by atoms with Gasteiger partial charge in [-0.2, -0.15) is 10.2 Å². The average Bonchev–Trinajstić information content (AvgIpc) is 2.23. The molecule has 0 bridgehead atoms. The fraction of sp³-hybridized carbons (Fsp3) is 0.300. The van der Waals surface area contributed by atoms with Crippen LogP contribution in [0.25, 0.3) is 0 Å². The molecule has 1 aromatic rings. The Morgan fingerprint density at radius 2 is 1.39 bits per heavy atom. The van der Waals surface area contributed by atoms with E-state index in [1.807, 2.05) is 19.1 Å². The normalized spacial score (nSPS) is 9.28. The standard InChI is InChI=1S/C10H15N5.2ClH.Fe/c1-8-4-9(6-13-11-2)15-10(5-8)7-14-12-3;;;/h4-7,11-12H,1-3H3;2*1H;/q;;;+2/p-2. The van der Waals surface area contributed by atoms with E-state index in [2.05, 4.69) is 26.0 Å². The molecule has 0 aliphatic heterocycles. The summed E-state index contributed by atoms with van der Waals surface area (Å²) in [5.74, 6) is 0. The molecule has 1 heterocycles.